The first-order valence-corrected chi connectivity index (χ1v) is 7.10. The predicted octanol–water partition coefficient (Wildman–Crippen LogP) is 3.65. The normalized spacial score (nSPS) is 13.8. The smallest absolute Gasteiger partial charge is 0.194 e. The molecule has 18 heavy (non-hydrogen) atoms. The maximum absolute atomic E-state index is 12.6. The van der Waals surface area contributed by atoms with Crippen molar-refractivity contribution in [2.45, 2.75) is 19.8 Å². The third kappa shape index (κ3) is 1.85. The zero-order valence-electron chi connectivity index (χ0n) is 10.3. The number of hydrogen-bond donors (Lipinski definition) is 1. The van der Waals surface area contributed by atoms with Gasteiger partial charge in [0.15, 0.2) is 5.78 Å². The van der Waals surface area contributed by atoms with Gasteiger partial charge in [-0.3, -0.25) is 4.79 Å². The minimum absolute atomic E-state index is 0.161. The fourth-order valence-electron chi connectivity index (χ4n) is 2.49. The minimum atomic E-state index is 0.161. The summed E-state index contributed by atoms with van der Waals surface area (Å²) in [7, 11) is 0. The second-order valence-electron chi connectivity index (χ2n) is 4.58. The summed E-state index contributed by atoms with van der Waals surface area (Å²) in [5.74, 6) is 0.161. The molecule has 0 fully saturated rings. The van der Waals surface area contributed by atoms with Gasteiger partial charge in [0.25, 0.3) is 0 Å². The van der Waals surface area contributed by atoms with Crippen LogP contribution >= 0.6 is 11.3 Å². The summed E-state index contributed by atoms with van der Waals surface area (Å²) in [5.41, 5.74) is 4.01. The van der Waals surface area contributed by atoms with E-state index in [1.54, 1.807) is 11.3 Å². The van der Waals surface area contributed by atoms with Crippen LogP contribution in [0.2, 0.25) is 0 Å². The van der Waals surface area contributed by atoms with Gasteiger partial charge in [-0.05, 0) is 42.8 Å². The lowest BCUT2D eigenvalue weighted by atomic mass is 9.93. The van der Waals surface area contributed by atoms with Gasteiger partial charge in [-0.2, -0.15) is 0 Å². The van der Waals surface area contributed by atoms with Crippen molar-refractivity contribution in [1.29, 1.82) is 0 Å². The summed E-state index contributed by atoms with van der Waals surface area (Å²) in [6, 6.07) is 7.90. The van der Waals surface area contributed by atoms with E-state index in [-0.39, 0.29) is 5.78 Å². The number of ketones is 1. The summed E-state index contributed by atoms with van der Waals surface area (Å²) in [4.78, 5) is 13.7. The van der Waals surface area contributed by atoms with Crippen LogP contribution in [-0.4, -0.2) is 12.3 Å². The van der Waals surface area contributed by atoms with Crippen molar-refractivity contribution in [3.63, 3.8) is 0 Å². The van der Waals surface area contributed by atoms with Crippen molar-refractivity contribution in [3.8, 4) is 0 Å². The van der Waals surface area contributed by atoms with Gasteiger partial charge in [0.1, 0.15) is 0 Å². The van der Waals surface area contributed by atoms with Gasteiger partial charge in [0, 0.05) is 28.2 Å². The van der Waals surface area contributed by atoms with Gasteiger partial charge in [-0.25, -0.2) is 0 Å². The maximum Gasteiger partial charge on any atom is 0.194 e. The molecule has 0 bridgehead atoms. The Balaban J connectivity index is 2.07. The third-order valence-corrected chi connectivity index (χ3v) is 4.29. The molecule has 0 atom stereocenters. The van der Waals surface area contributed by atoms with Gasteiger partial charge in [0.05, 0.1) is 0 Å². The Kier molecular flexibility index (Phi) is 2.92. The average molecular weight is 257 g/mol. The van der Waals surface area contributed by atoms with E-state index in [9.17, 15) is 4.79 Å². The molecule has 1 aromatic heterocycles. The molecule has 0 radical (unpaired) electrons. The molecule has 92 valence electrons. The van der Waals surface area contributed by atoms with Crippen molar-refractivity contribution in [2.24, 2.45) is 0 Å². The van der Waals surface area contributed by atoms with E-state index >= 15 is 0 Å². The largest absolute Gasteiger partial charge is 0.385 e. The quantitative estimate of drug-likeness (QED) is 0.832. The van der Waals surface area contributed by atoms with Crippen LogP contribution < -0.4 is 5.32 Å². The number of carbonyl (C=O) groups is 1. The van der Waals surface area contributed by atoms with E-state index in [4.69, 9.17) is 0 Å². The molecule has 2 aromatic rings. The molecular weight excluding hydrogens is 242 g/mol. The van der Waals surface area contributed by atoms with Crippen molar-refractivity contribution in [2.75, 3.05) is 11.9 Å². The number of hydrogen-bond acceptors (Lipinski definition) is 3. The summed E-state index contributed by atoms with van der Waals surface area (Å²) < 4.78 is 0. The molecule has 0 aliphatic carbocycles. The molecule has 1 N–H and O–H groups in total. The SMILES string of the molecule is Cc1sccc1C(=O)c1cccc2c1CCCN2. The molecule has 1 aromatic carbocycles. The Morgan fingerprint density at radius 2 is 2.17 bits per heavy atom. The van der Waals surface area contributed by atoms with Crippen LogP contribution in [0, 0.1) is 6.92 Å². The number of carbonyl (C=O) groups excluding carboxylic acids is 1. The summed E-state index contributed by atoms with van der Waals surface area (Å²) in [5, 5.41) is 5.35. The van der Waals surface area contributed by atoms with Crippen LogP contribution in [-0.2, 0) is 6.42 Å². The molecule has 0 spiro atoms. The van der Waals surface area contributed by atoms with Crippen LogP contribution in [0.4, 0.5) is 5.69 Å². The van der Waals surface area contributed by atoms with Crippen LogP contribution in [0.15, 0.2) is 29.6 Å². The maximum atomic E-state index is 12.6. The fraction of sp³-hybridized carbons (Fsp3) is 0.267. The lowest BCUT2D eigenvalue weighted by molar-refractivity contribution is 0.103. The molecule has 1 aliphatic heterocycles. The molecule has 0 saturated heterocycles. The molecule has 0 amide bonds. The number of thiophene rings is 1. The van der Waals surface area contributed by atoms with Gasteiger partial charge < -0.3 is 5.32 Å². The Morgan fingerprint density at radius 3 is 2.94 bits per heavy atom. The molecule has 0 unspecified atom stereocenters. The van der Waals surface area contributed by atoms with Crippen molar-refractivity contribution < 1.29 is 4.79 Å². The molecule has 3 rings (SSSR count). The van der Waals surface area contributed by atoms with Gasteiger partial charge >= 0.3 is 0 Å². The first kappa shape index (κ1) is 11.5. The van der Waals surface area contributed by atoms with E-state index < -0.39 is 0 Å². The highest BCUT2D eigenvalue weighted by molar-refractivity contribution is 7.10. The number of anilines is 1. The number of rotatable bonds is 2. The van der Waals surface area contributed by atoms with Crippen LogP contribution in [0.1, 0.15) is 32.8 Å². The molecule has 1 aliphatic rings. The third-order valence-electron chi connectivity index (χ3n) is 3.44. The Labute approximate surface area is 111 Å². The minimum Gasteiger partial charge on any atom is -0.385 e. The Hall–Kier alpha value is -1.61. The molecule has 2 nitrogen and oxygen atoms in total. The van der Waals surface area contributed by atoms with E-state index in [0.29, 0.717) is 0 Å². The highest BCUT2D eigenvalue weighted by atomic mass is 32.1. The topological polar surface area (TPSA) is 29.1 Å². The molecule has 0 saturated carbocycles. The highest BCUT2D eigenvalue weighted by Crippen LogP contribution is 2.28. The van der Waals surface area contributed by atoms with Crippen LogP contribution in [0.3, 0.4) is 0 Å². The molecular formula is C15H15NOS. The highest BCUT2D eigenvalue weighted by Gasteiger charge is 2.19. The average Bonchev–Trinajstić information content (AvgIpc) is 2.83. The lowest BCUT2D eigenvalue weighted by Crippen LogP contribution is -2.16. The van der Waals surface area contributed by atoms with E-state index in [0.717, 1.165) is 41.1 Å². The van der Waals surface area contributed by atoms with Gasteiger partial charge in [0.2, 0.25) is 0 Å². The van der Waals surface area contributed by atoms with Crippen molar-refractivity contribution >= 4 is 22.8 Å². The van der Waals surface area contributed by atoms with E-state index in [1.807, 2.05) is 30.5 Å². The fourth-order valence-corrected chi connectivity index (χ4v) is 3.18. The number of fused-ring (bicyclic) bond motifs is 1. The number of benzene rings is 1. The van der Waals surface area contributed by atoms with Crippen LogP contribution in [0.5, 0.6) is 0 Å². The van der Waals surface area contributed by atoms with Crippen LogP contribution in [0.25, 0.3) is 0 Å². The van der Waals surface area contributed by atoms with Crippen molar-refractivity contribution in [1.82, 2.24) is 0 Å². The predicted molar refractivity (Wildman–Crippen MR) is 75.7 cm³/mol. The molecule has 2 heterocycles. The molecule has 3 heteroatoms. The second kappa shape index (κ2) is 4.58. The summed E-state index contributed by atoms with van der Waals surface area (Å²) in [6.07, 6.45) is 2.09. The Morgan fingerprint density at radius 1 is 1.28 bits per heavy atom. The standard InChI is InChI=1S/C15H15NOS/c1-10-11(7-9-18-10)15(17)13-4-2-6-14-12(13)5-3-8-16-14/h2,4,6-7,9,16H,3,5,8H2,1H3. The first-order valence-electron chi connectivity index (χ1n) is 6.22. The first-order chi connectivity index (χ1) is 8.77. The Bertz CT molecular complexity index is 600. The van der Waals surface area contributed by atoms with Gasteiger partial charge in [-0.1, -0.05) is 12.1 Å². The van der Waals surface area contributed by atoms with E-state index in [2.05, 4.69) is 11.4 Å². The summed E-state index contributed by atoms with van der Waals surface area (Å²) in [6.45, 7) is 3.01. The number of nitrogens with one attached hydrogen (secondary N) is 1. The van der Waals surface area contributed by atoms with E-state index in [1.165, 1.54) is 5.56 Å². The zero-order chi connectivity index (χ0) is 12.5. The number of aryl methyl sites for hydroxylation is 1. The second-order valence-corrected chi connectivity index (χ2v) is 5.70. The van der Waals surface area contributed by atoms with Gasteiger partial charge in [-0.15, -0.1) is 11.3 Å². The summed E-state index contributed by atoms with van der Waals surface area (Å²) >= 11 is 1.63. The lowest BCUT2D eigenvalue weighted by Gasteiger charge is -2.20. The van der Waals surface area contributed by atoms with Crippen molar-refractivity contribution in [3.05, 3.63) is 51.2 Å². The zero-order valence-corrected chi connectivity index (χ0v) is 11.1. The monoisotopic (exact) mass is 257 g/mol.